The van der Waals surface area contributed by atoms with Crippen LogP contribution in [0.15, 0.2) is 47.3 Å². The van der Waals surface area contributed by atoms with Crippen LogP contribution in [-0.4, -0.2) is 15.0 Å². The molecule has 0 saturated heterocycles. The second-order valence-electron chi connectivity index (χ2n) is 6.63. The van der Waals surface area contributed by atoms with E-state index in [1.54, 1.807) is 36.4 Å². The van der Waals surface area contributed by atoms with Gasteiger partial charge < -0.3 is 10.1 Å². The molecule has 0 unspecified atom stereocenters. The number of benzene rings is 2. The maximum atomic E-state index is 12.4. The van der Waals surface area contributed by atoms with Crippen molar-refractivity contribution >= 4 is 16.6 Å². The highest BCUT2D eigenvalue weighted by atomic mass is 16.6. The molecule has 0 aliphatic rings. The van der Waals surface area contributed by atoms with Crippen LogP contribution >= 0.6 is 0 Å². The van der Waals surface area contributed by atoms with E-state index >= 15 is 0 Å². The third-order valence-electron chi connectivity index (χ3n) is 4.75. The molecule has 1 aromatic heterocycles. The standard InChI is InChI=1S/C21H22N2O4/c1-2-3-4-5-8-14-11-12-15(13-18(14)23(26)27)19-21(25)20(24)16-9-6-7-10-17(16)22-19/h6-7,9-13,25H,2-5,8H2,1H3,(H,22,24). The van der Waals surface area contributed by atoms with Crippen molar-refractivity contribution in [3.8, 4) is 17.0 Å². The number of rotatable bonds is 7. The Morgan fingerprint density at radius 3 is 2.63 bits per heavy atom. The minimum Gasteiger partial charge on any atom is -0.503 e. The molecule has 3 aromatic rings. The van der Waals surface area contributed by atoms with Crippen LogP contribution in [0.2, 0.25) is 0 Å². The SMILES string of the molecule is CCCCCCc1ccc(-c2[nH]c3ccccc3c(=O)c2O)cc1[N+](=O)[O-]. The number of hydrogen-bond donors (Lipinski definition) is 2. The molecular formula is C21H22N2O4. The van der Waals surface area contributed by atoms with Crippen LogP contribution in [0.5, 0.6) is 5.75 Å². The average Bonchev–Trinajstić information content (AvgIpc) is 2.68. The van der Waals surface area contributed by atoms with Gasteiger partial charge in [0, 0.05) is 28.1 Å². The highest BCUT2D eigenvalue weighted by Gasteiger charge is 2.18. The number of nitrogens with zero attached hydrogens (tertiary/aromatic N) is 1. The molecule has 27 heavy (non-hydrogen) atoms. The fraction of sp³-hybridized carbons (Fsp3) is 0.286. The summed E-state index contributed by atoms with van der Waals surface area (Å²) in [6.07, 6.45) is 4.78. The van der Waals surface area contributed by atoms with E-state index in [4.69, 9.17) is 0 Å². The first-order chi connectivity index (χ1) is 13.0. The fourth-order valence-corrected chi connectivity index (χ4v) is 3.28. The molecule has 0 aliphatic heterocycles. The first-order valence-electron chi connectivity index (χ1n) is 9.14. The molecule has 0 fully saturated rings. The van der Waals surface area contributed by atoms with Gasteiger partial charge in [-0.1, -0.05) is 50.5 Å². The van der Waals surface area contributed by atoms with Gasteiger partial charge in [-0.15, -0.1) is 0 Å². The van der Waals surface area contributed by atoms with Crippen LogP contribution in [0.3, 0.4) is 0 Å². The number of nitrogens with one attached hydrogen (secondary N) is 1. The third kappa shape index (κ3) is 3.84. The van der Waals surface area contributed by atoms with E-state index in [9.17, 15) is 20.0 Å². The van der Waals surface area contributed by atoms with E-state index < -0.39 is 16.1 Å². The summed E-state index contributed by atoms with van der Waals surface area (Å²) in [5.41, 5.74) is 1.37. The van der Waals surface area contributed by atoms with Gasteiger partial charge in [-0.2, -0.15) is 0 Å². The number of unbranched alkanes of at least 4 members (excludes halogenated alkanes) is 3. The molecule has 1 heterocycles. The van der Waals surface area contributed by atoms with E-state index in [1.807, 2.05) is 0 Å². The van der Waals surface area contributed by atoms with Crippen molar-refractivity contribution in [3.05, 3.63) is 68.4 Å². The Kier molecular flexibility index (Phi) is 5.54. The van der Waals surface area contributed by atoms with E-state index in [0.29, 0.717) is 28.5 Å². The molecule has 0 spiro atoms. The van der Waals surface area contributed by atoms with Crippen molar-refractivity contribution in [3.63, 3.8) is 0 Å². The molecule has 2 N–H and O–H groups in total. The van der Waals surface area contributed by atoms with Gasteiger partial charge in [0.25, 0.3) is 5.69 Å². The van der Waals surface area contributed by atoms with Crippen molar-refractivity contribution in [1.82, 2.24) is 4.98 Å². The van der Waals surface area contributed by atoms with Crippen LogP contribution in [0.4, 0.5) is 5.69 Å². The van der Waals surface area contributed by atoms with Gasteiger partial charge in [0.15, 0.2) is 5.75 Å². The maximum absolute atomic E-state index is 12.4. The molecule has 0 radical (unpaired) electrons. The van der Waals surface area contributed by atoms with Crippen molar-refractivity contribution in [2.45, 2.75) is 39.0 Å². The molecule has 3 rings (SSSR count). The average molecular weight is 366 g/mol. The second kappa shape index (κ2) is 8.03. The molecule has 0 bridgehead atoms. The zero-order valence-corrected chi connectivity index (χ0v) is 15.2. The van der Waals surface area contributed by atoms with Crippen LogP contribution in [0.25, 0.3) is 22.2 Å². The molecule has 0 aliphatic carbocycles. The van der Waals surface area contributed by atoms with Crippen LogP contribution < -0.4 is 5.43 Å². The van der Waals surface area contributed by atoms with Crippen molar-refractivity contribution < 1.29 is 10.0 Å². The molecular weight excluding hydrogens is 344 g/mol. The minimum atomic E-state index is -0.495. The molecule has 140 valence electrons. The largest absolute Gasteiger partial charge is 0.503 e. The third-order valence-corrected chi connectivity index (χ3v) is 4.75. The monoisotopic (exact) mass is 366 g/mol. The Morgan fingerprint density at radius 1 is 1.11 bits per heavy atom. The number of aryl methyl sites for hydroxylation is 1. The second-order valence-corrected chi connectivity index (χ2v) is 6.63. The van der Waals surface area contributed by atoms with E-state index in [2.05, 4.69) is 11.9 Å². The highest BCUT2D eigenvalue weighted by Crippen LogP contribution is 2.31. The topological polar surface area (TPSA) is 96.2 Å². The Bertz CT molecular complexity index is 1040. The van der Waals surface area contributed by atoms with E-state index in [-0.39, 0.29) is 11.4 Å². The smallest absolute Gasteiger partial charge is 0.273 e. The summed E-state index contributed by atoms with van der Waals surface area (Å²) >= 11 is 0. The number of hydrogen-bond acceptors (Lipinski definition) is 4. The van der Waals surface area contributed by atoms with Gasteiger partial charge in [-0.3, -0.25) is 14.9 Å². The zero-order valence-electron chi connectivity index (χ0n) is 15.2. The number of pyridine rings is 1. The fourth-order valence-electron chi connectivity index (χ4n) is 3.28. The van der Waals surface area contributed by atoms with Gasteiger partial charge in [0.1, 0.15) is 0 Å². The lowest BCUT2D eigenvalue weighted by atomic mass is 10.0. The number of fused-ring (bicyclic) bond motifs is 1. The summed E-state index contributed by atoms with van der Waals surface area (Å²) in [6, 6.07) is 11.7. The number of aromatic amines is 1. The number of nitro benzene ring substituents is 1. The number of aromatic nitrogens is 1. The Labute approximate surface area is 156 Å². The van der Waals surface area contributed by atoms with Crippen molar-refractivity contribution in [2.24, 2.45) is 0 Å². The lowest BCUT2D eigenvalue weighted by Crippen LogP contribution is -2.05. The van der Waals surface area contributed by atoms with E-state index in [1.165, 1.54) is 6.07 Å². The summed E-state index contributed by atoms with van der Waals surface area (Å²) in [4.78, 5) is 26.6. The highest BCUT2D eigenvalue weighted by molar-refractivity contribution is 5.84. The predicted molar refractivity (Wildman–Crippen MR) is 106 cm³/mol. The van der Waals surface area contributed by atoms with E-state index in [0.717, 1.165) is 25.7 Å². The molecule has 0 atom stereocenters. The number of para-hydroxylation sites is 1. The summed E-state index contributed by atoms with van der Waals surface area (Å²) in [6.45, 7) is 2.12. The number of nitro groups is 1. The first-order valence-corrected chi connectivity index (χ1v) is 9.14. The summed E-state index contributed by atoms with van der Waals surface area (Å²) in [5, 5.41) is 22.2. The van der Waals surface area contributed by atoms with Crippen molar-refractivity contribution in [1.29, 1.82) is 0 Å². The van der Waals surface area contributed by atoms with Crippen LogP contribution in [0, 0.1) is 10.1 Å². The predicted octanol–water partition coefficient (Wildman–Crippen LogP) is 4.93. The summed E-state index contributed by atoms with van der Waals surface area (Å²) in [5.74, 6) is -0.432. The molecule has 2 aromatic carbocycles. The number of H-pyrrole nitrogens is 1. The van der Waals surface area contributed by atoms with Gasteiger partial charge in [-0.05, 0) is 25.0 Å². The van der Waals surface area contributed by atoms with Gasteiger partial charge >= 0.3 is 0 Å². The van der Waals surface area contributed by atoms with Gasteiger partial charge in [0.05, 0.1) is 10.6 Å². The van der Waals surface area contributed by atoms with Crippen LogP contribution in [0.1, 0.15) is 38.2 Å². The Balaban J connectivity index is 2.04. The Morgan fingerprint density at radius 2 is 1.89 bits per heavy atom. The lowest BCUT2D eigenvalue weighted by molar-refractivity contribution is -0.385. The first kappa shape index (κ1) is 18.6. The number of aromatic hydroxyl groups is 1. The quantitative estimate of drug-likeness (QED) is 0.352. The van der Waals surface area contributed by atoms with Crippen molar-refractivity contribution in [2.75, 3.05) is 0 Å². The lowest BCUT2D eigenvalue weighted by Gasteiger charge is -2.09. The van der Waals surface area contributed by atoms with Crippen LogP contribution in [-0.2, 0) is 6.42 Å². The minimum absolute atomic E-state index is 0.0115. The molecule has 6 nitrogen and oxygen atoms in total. The van der Waals surface area contributed by atoms with Gasteiger partial charge in [-0.25, -0.2) is 0 Å². The summed E-state index contributed by atoms with van der Waals surface area (Å²) in [7, 11) is 0. The Hall–Kier alpha value is -3.15. The molecule has 0 saturated carbocycles. The zero-order chi connectivity index (χ0) is 19.4. The maximum Gasteiger partial charge on any atom is 0.273 e. The van der Waals surface area contributed by atoms with Gasteiger partial charge in [0.2, 0.25) is 5.43 Å². The molecule has 6 heteroatoms. The summed E-state index contributed by atoms with van der Waals surface area (Å²) < 4.78 is 0. The molecule has 0 amide bonds. The normalized spacial score (nSPS) is 11.0.